The zero-order valence-corrected chi connectivity index (χ0v) is 16.1. The van der Waals surface area contributed by atoms with E-state index in [4.69, 9.17) is 0 Å². The molecule has 0 radical (unpaired) electrons. The number of ether oxygens (including phenoxy) is 1. The SMILES string of the molecule is Cc1ccc(S(=O)(=O)N(C)C)cc1NC(=O)c1ccc(OCC(F)(F)F)nc1. The van der Waals surface area contributed by atoms with Crippen molar-refractivity contribution in [2.24, 2.45) is 0 Å². The lowest BCUT2D eigenvalue weighted by atomic mass is 10.2. The number of nitrogens with one attached hydrogen (secondary N) is 1. The molecule has 0 saturated heterocycles. The maximum atomic E-state index is 12.4. The number of hydrogen-bond acceptors (Lipinski definition) is 5. The molecule has 1 amide bonds. The Balaban J connectivity index is 2.16. The van der Waals surface area contributed by atoms with Crippen LogP contribution < -0.4 is 10.1 Å². The number of carbonyl (C=O) groups is 1. The van der Waals surface area contributed by atoms with Crippen LogP contribution in [0.4, 0.5) is 18.9 Å². The average Bonchev–Trinajstić information content (AvgIpc) is 2.61. The lowest BCUT2D eigenvalue weighted by Crippen LogP contribution is -2.22. The van der Waals surface area contributed by atoms with Crippen LogP contribution in [-0.2, 0) is 10.0 Å². The molecule has 0 spiro atoms. The number of carbonyl (C=O) groups excluding carboxylic acids is 1. The number of hydrogen-bond donors (Lipinski definition) is 1. The highest BCUT2D eigenvalue weighted by Gasteiger charge is 2.28. The fourth-order valence-electron chi connectivity index (χ4n) is 2.06. The van der Waals surface area contributed by atoms with Crippen molar-refractivity contribution < 1.29 is 31.1 Å². The molecule has 11 heteroatoms. The molecule has 0 fully saturated rings. The number of pyridine rings is 1. The number of nitrogens with zero attached hydrogens (tertiary/aromatic N) is 2. The van der Waals surface area contributed by atoms with E-state index in [9.17, 15) is 26.4 Å². The maximum absolute atomic E-state index is 12.4. The third kappa shape index (κ3) is 5.42. The van der Waals surface area contributed by atoms with Crippen molar-refractivity contribution in [3.05, 3.63) is 47.7 Å². The smallest absolute Gasteiger partial charge is 0.422 e. The van der Waals surface area contributed by atoms with Gasteiger partial charge in [-0.25, -0.2) is 17.7 Å². The number of sulfonamides is 1. The second-order valence-electron chi connectivity index (χ2n) is 6.01. The van der Waals surface area contributed by atoms with Gasteiger partial charge in [0.15, 0.2) is 6.61 Å². The van der Waals surface area contributed by atoms with Crippen molar-refractivity contribution >= 4 is 21.6 Å². The van der Waals surface area contributed by atoms with E-state index in [1.807, 2.05) is 0 Å². The van der Waals surface area contributed by atoms with Gasteiger partial charge in [-0.2, -0.15) is 13.2 Å². The quantitative estimate of drug-likeness (QED) is 0.781. The number of anilines is 1. The Morgan fingerprint density at radius 1 is 1.21 bits per heavy atom. The molecule has 7 nitrogen and oxygen atoms in total. The summed E-state index contributed by atoms with van der Waals surface area (Å²) in [5.41, 5.74) is 0.981. The molecular weight excluding hydrogens is 399 g/mol. The molecule has 0 aliphatic rings. The Morgan fingerprint density at radius 3 is 2.43 bits per heavy atom. The standard InChI is InChI=1S/C17H18F3N3O4S/c1-11-4-6-13(28(25,26)23(2)3)8-14(11)22-16(24)12-5-7-15(21-9-12)27-10-17(18,19)20/h4-9H,10H2,1-3H3,(H,22,24). The third-order valence-electron chi connectivity index (χ3n) is 3.62. The van der Waals surface area contributed by atoms with E-state index in [-0.39, 0.29) is 22.0 Å². The van der Waals surface area contributed by atoms with Gasteiger partial charge in [-0.3, -0.25) is 4.79 Å². The molecule has 0 unspecified atom stereocenters. The van der Waals surface area contributed by atoms with Crippen LogP contribution in [0.2, 0.25) is 0 Å². The number of amides is 1. The van der Waals surface area contributed by atoms with Gasteiger partial charge < -0.3 is 10.1 Å². The summed E-state index contributed by atoms with van der Waals surface area (Å²) in [4.78, 5) is 16.0. The van der Waals surface area contributed by atoms with Gasteiger partial charge >= 0.3 is 6.18 Å². The van der Waals surface area contributed by atoms with Crippen molar-refractivity contribution in [2.45, 2.75) is 18.0 Å². The van der Waals surface area contributed by atoms with Gasteiger partial charge in [0.2, 0.25) is 15.9 Å². The van der Waals surface area contributed by atoms with Crippen LogP contribution in [0.3, 0.4) is 0 Å². The predicted molar refractivity (Wildman–Crippen MR) is 95.8 cm³/mol. The van der Waals surface area contributed by atoms with Gasteiger partial charge in [0.1, 0.15) is 0 Å². The molecular formula is C17H18F3N3O4S. The summed E-state index contributed by atoms with van der Waals surface area (Å²) >= 11 is 0. The van der Waals surface area contributed by atoms with E-state index < -0.39 is 28.7 Å². The van der Waals surface area contributed by atoms with Crippen LogP contribution in [-0.4, -0.2) is 50.5 Å². The van der Waals surface area contributed by atoms with E-state index in [0.29, 0.717) is 5.56 Å². The molecule has 0 aliphatic carbocycles. The van der Waals surface area contributed by atoms with Crippen molar-refractivity contribution in [3.8, 4) is 5.88 Å². The fraction of sp³-hybridized carbons (Fsp3) is 0.294. The van der Waals surface area contributed by atoms with E-state index in [2.05, 4.69) is 15.0 Å². The van der Waals surface area contributed by atoms with Gasteiger partial charge in [0, 0.05) is 32.0 Å². The average molecular weight is 417 g/mol. The van der Waals surface area contributed by atoms with Crippen molar-refractivity contribution in [1.29, 1.82) is 0 Å². The van der Waals surface area contributed by atoms with E-state index in [1.54, 1.807) is 13.0 Å². The highest BCUT2D eigenvalue weighted by Crippen LogP contribution is 2.23. The van der Waals surface area contributed by atoms with Crippen molar-refractivity contribution in [1.82, 2.24) is 9.29 Å². The normalized spacial score (nSPS) is 12.1. The van der Waals surface area contributed by atoms with Gasteiger partial charge in [0.25, 0.3) is 5.91 Å². The zero-order valence-electron chi connectivity index (χ0n) is 15.2. The number of alkyl halides is 3. The fourth-order valence-corrected chi connectivity index (χ4v) is 2.99. The van der Waals surface area contributed by atoms with E-state index >= 15 is 0 Å². The molecule has 0 aliphatic heterocycles. The summed E-state index contributed by atoms with van der Waals surface area (Å²) in [5.74, 6) is -0.874. The summed E-state index contributed by atoms with van der Waals surface area (Å²) < 4.78 is 66.4. The van der Waals surface area contributed by atoms with Crippen molar-refractivity contribution in [3.63, 3.8) is 0 Å². The first-order valence-electron chi connectivity index (χ1n) is 7.90. The van der Waals surface area contributed by atoms with Crippen LogP contribution >= 0.6 is 0 Å². The van der Waals surface area contributed by atoms with Gasteiger partial charge in [-0.1, -0.05) is 6.07 Å². The highest BCUT2D eigenvalue weighted by molar-refractivity contribution is 7.89. The molecule has 0 bridgehead atoms. The molecule has 1 heterocycles. The predicted octanol–water partition coefficient (Wildman–Crippen LogP) is 2.83. The first kappa shape index (κ1) is 21.6. The number of aryl methyl sites for hydroxylation is 1. The molecule has 2 rings (SSSR count). The number of rotatable bonds is 6. The van der Waals surface area contributed by atoms with Crippen LogP contribution in [0.1, 0.15) is 15.9 Å². The lowest BCUT2D eigenvalue weighted by molar-refractivity contribution is -0.154. The molecule has 2 aromatic rings. The third-order valence-corrected chi connectivity index (χ3v) is 5.43. The summed E-state index contributed by atoms with van der Waals surface area (Å²) in [6, 6.07) is 6.70. The molecule has 0 atom stereocenters. The van der Waals surface area contributed by atoms with E-state index in [0.717, 1.165) is 16.6 Å². The van der Waals surface area contributed by atoms with Gasteiger partial charge in [0.05, 0.1) is 10.5 Å². The number of benzene rings is 1. The Hall–Kier alpha value is -2.66. The van der Waals surface area contributed by atoms with Crippen LogP contribution in [0, 0.1) is 6.92 Å². The second-order valence-corrected chi connectivity index (χ2v) is 8.16. The number of aromatic nitrogens is 1. The Bertz CT molecular complexity index is 959. The van der Waals surface area contributed by atoms with Crippen molar-refractivity contribution in [2.75, 3.05) is 26.0 Å². The first-order chi connectivity index (χ1) is 12.9. The van der Waals surface area contributed by atoms with Crippen LogP contribution in [0.5, 0.6) is 5.88 Å². The monoisotopic (exact) mass is 417 g/mol. The minimum absolute atomic E-state index is 0.00687. The molecule has 1 aromatic carbocycles. The molecule has 0 saturated carbocycles. The van der Waals surface area contributed by atoms with Gasteiger partial charge in [-0.05, 0) is 30.7 Å². The van der Waals surface area contributed by atoms with Gasteiger partial charge in [-0.15, -0.1) is 0 Å². The van der Waals surface area contributed by atoms with Crippen LogP contribution in [0.25, 0.3) is 0 Å². The highest BCUT2D eigenvalue weighted by atomic mass is 32.2. The first-order valence-corrected chi connectivity index (χ1v) is 9.34. The molecule has 1 N–H and O–H groups in total. The molecule has 1 aromatic heterocycles. The van der Waals surface area contributed by atoms with E-state index in [1.165, 1.54) is 32.3 Å². The Labute approximate surface area is 160 Å². The van der Waals surface area contributed by atoms with Crippen LogP contribution in [0.15, 0.2) is 41.4 Å². The largest absolute Gasteiger partial charge is 0.468 e. The Morgan fingerprint density at radius 2 is 1.89 bits per heavy atom. The maximum Gasteiger partial charge on any atom is 0.422 e. The minimum atomic E-state index is -4.49. The topological polar surface area (TPSA) is 88.6 Å². The summed E-state index contributed by atoms with van der Waals surface area (Å²) in [6.07, 6.45) is -3.43. The minimum Gasteiger partial charge on any atom is -0.468 e. The lowest BCUT2D eigenvalue weighted by Gasteiger charge is -2.14. The summed E-state index contributed by atoms with van der Waals surface area (Å²) in [7, 11) is -0.899. The molecule has 152 valence electrons. The summed E-state index contributed by atoms with van der Waals surface area (Å²) in [6.45, 7) is 0.200. The Kier molecular flexibility index (Phi) is 6.30. The summed E-state index contributed by atoms with van der Waals surface area (Å²) in [5, 5.41) is 2.57. The molecule has 28 heavy (non-hydrogen) atoms. The zero-order chi connectivity index (χ0) is 21.1. The second kappa shape index (κ2) is 8.15. The number of halogens is 3.